The molecular formula is C20H22N2O6S. The molecule has 0 saturated carbocycles. The van der Waals surface area contributed by atoms with E-state index in [-0.39, 0.29) is 22.9 Å². The molecule has 0 aliphatic heterocycles. The van der Waals surface area contributed by atoms with Crippen LogP contribution in [0.15, 0.2) is 41.3 Å². The first-order valence-electron chi connectivity index (χ1n) is 8.74. The minimum Gasteiger partial charge on any atom is -0.495 e. The largest absolute Gasteiger partial charge is 0.495 e. The van der Waals surface area contributed by atoms with Gasteiger partial charge in [0.1, 0.15) is 5.75 Å². The Morgan fingerprint density at radius 2 is 1.93 bits per heavy atom. The number of non-ortho nitro benzene ring substituents is 1. The fourth-order valence-electron chi connectivity index (χ4n) is 2.52. The number of nitro benzene ring substituents is 1. The van der Waals surface area contributed by atoms with Gasteiger partial charge in [0.2, 0.25) is 0 Å². The van der Waals surface area contributed by atoms with E-state index in [1.165, 1.54) is 44.0 Å². The van der Waals surface area contributed by atoms with Crippen LogP contribution in [0.25, 0.3) is 0 Å². The number of nitrogens with zero attached hydrogens (tertiary/aromatic N) is 1. The second-order valence-corrected chi connectivity index (χ2v) is 7.34. The third-order valence-electron chi connectivity index (χ3n) is 4.01. The third kappa shape index (κ3) is 6.21. The van der Waals surface area contributed by atoms with E-state index >= 15 is 0 Å². The number of carbonyl (C=O) groups is 2. The molecule has 154 valence electrons. The number of aryl methyl sites for hydroxylation is 2. The highest BCUT2D eigenvalue weighted by molar-refractivity contribution is 8.00. The highest BCUT2D eigenvalue weighted by Gasteiger charge is 2.21. The topological polar surface area (TPSA) is 108 Å². The summed E-state index contributed by atoms with van der Waals surface area (Å²) in [5.74, 6) is -0.841. The molecule has 0 unspecified atom stereocenters. The van der Waals surface area contributed by atoms with Crippen molar-refractivity contribution in [1.82, 2.24) is 0 Å². The normalized spacial score (nSPS) is 11.4. The Labute approximate surface area is 172 Å². The monoisotopic (exact) mass is 418 g/mol. The molecule has 0 saturated heterocycles. The second-order valence-electron chi connectivity index (χ2n) is 6.32. The second kappa shape index (κ2) is 9.92. The Balaban J connectivity index is 1.95. The van der Waals surface area contributed by atoms with Gasteiger partial charge in [-0.25, -0.2) is 0 Å². The summed E-state index contributed by atoms with van der Waals surface area (Å²) in [7, 11) is 1.38. The molecule has 9 heteroatoms. The van der Waals surface area contributed by atoms with Crippen molar-refractivity contribution in [3.63, 3.8) is 0 Å². The number of methoxy groups -OCH3 is 1. The molecule has 0 aliphatic rings. The molecule has 29 heavy (non-hydrogen) atoms. The van der Waals surface area contributed by atoms with Gasteiger partial charge < -0.3 is 14.8 Å². The minimum atomic E-state index is -1.08. The van der Waals surface area contributed by atoms with Gasteiger partial charge in [-0.15, -0.1) is 11.8 Å². The molecule has 0 aliphatic carbocycles. The standard InChI is InChI=1S/C20H22N2O6S/c1-12-5-8-18(13(2)9-12)29-11-19(23)28-14(3)20(24)21-16-10-15(22(25)26)6-7-17(16)27-4/h5-10,14H,11H2,1-4H3,(H,21,24)/t14-/m0/s1. The summed E-state index contributed by atoms with van der Waals surface area (Å²) in [4.78, 5) is 35.7. The lowest BCUT2D eigenvalue weighted by Crippen LogP contribution is -2.30. The van der Waals surface area contributed by atoms with Gasteiger partial charge >= 0.3 is 5.97 Å². The van der Waals surface area contributed by atoms with Gasteiger partial charge in [-0.2, -0.15) is 0 Å². The van der Waals surface area contributed by atoms with E-state index in [0.29, 0.717) is 0 Å². The van der Waals surface area contributed by atoms with Crippen LogP contribution in [0.2, 0.25) is 0 Å². The maximum Gasteiger partial charge on any atom is 0.317 e. The van der Waals surface area contributed by atoms with E-state index in [2.05, 4.69) is 5.32 Å². The van der Waals surface area contributed by atoms with Crippen molar-refractivity contribution in [2.75, 3.05) is 18.2 Å². The molecule has 2 aromatic rings. The van der Waals surface area contributed by atoms with Crippen molar-refractivity contribution in [1.29, 1.82) is 0 Å². The fourth-order valence-corrected chi connectivity index (χ4v) is 3.32. The van der Waals surface area contributed by atoms with Crippen molar-refractivity contribution in [2.24, 2.45) is 0 Å². The van der Waals surface area contributed by atoms with Crippen molar-refractivity contribution < 1.29 is 24.0 Å². The third-order valence-corrected chi connectivity index (χ3v) is 5.15. The zero-order valence-corrected chi connectivity index (χ0v) is 17.4. The number of nitro groups is 1. The zero-order valence-electron chi connectivity index (χ0n) is 16.6. The number of anilines is 1. The van der Waals surface area contributed by atoms with Crippen LogP contribution in [0, 0.1) is 24.0 Å². The summed E-state index contributed by atoms with van der Waals surface area (Å²) in [6.45, 7) is 5.38. The molecular weight excluding hydrogens is 396 g/mol. The van der Waals surface area contributed by atoms with Crippen LogP contribution in [-0.4, -0.2) is 35.8 Å². The smallest absolute Gasteiger partial charge is 0.317 e. The predicted octanol–water partition coefficient (Wildman–Crippen LogP) is 3.88. The molecule has 0 spiro atoms. The van der Waals surface area contributed by atoms with Crippen LogP contribution in [0.4, 0.5) is 11.4 Å². The zero-order chi connectivity index (χ0) is 21.6. The van der Waals surface area contributed by atoms with Crippen LogP contribution in [0.5, 0.6) is 5.75 Å². The summed E-state index contributed by atoms with van der Waals surface area (Å²) in [5, 5.41) is 13.4. The van der Waals surface area contributed by atoms with Crippen LogP contribution >= 0.6 is 11.8 Å². The van der Waals surface area contributed by atoms with Gasteiger partial charge in [-0.05, 0) is 38.5 Å². The first-order chi connectivity index (χ1) is 13.7. The minimum absolute atomic E-state index is 0.0572. The summed E-state index contributed by atoms with van der Waals surface area (Å²) < 4.78 is 10.3. The van der Waals surface area contributed by atoms with E-state index in [0.717, 1.165) is 16.0 Å². The first kappa shape index (κ1) is 22.2. The average Bonchev–Trinajstić information content (AvgIpc) is 2.67. The van der Waals surface area contributed by atoms with Gasteiger partial charge in [-0.1, -0.05) is 17.7 Å². The summed E-state index contributed by atoms with van der Waals surface area (Å²) in [5.41, 5.74) is 2.12. The maximum atomic E-state index is 12.3. The number of nitrogens with one attached hydrogen (secondary N) is 1. The summed E-state index contributed by atoms with van der Waals surface area (Å²) >= 11 is 1.33. The van der Waals surface area contributed by atoms with Gasteiger partial charge in [0.15, 0.2) is 6.10 Å². The van der Waals surface area contributed by atoms with Crippen LogP contribution in [0.1, 0.15) is 18.1 Å². The Kier molecular flexibility index (Phi) is 7.60. The lowest BCUT2D eigenvalue weighted by atomic mass is 10.2. The lowest BCUT2D eigenvalue weighted by Gasteiger charge is -2.15. The molecule has 0 aromatic heterocycles. The van der Waals surface area contributed by atoms with E-state index in [1.807, 2.05) is 32.0 Å². The van der Waals surface area contributed by atoms with Crippen LogP contribution < -0.4 is 10.1 Å². The highest BCUT2D eigenvalue weighted by atomic mass is 32.2. The summed E-state index contributed by atoms with van der Waals surface area (Å²) in [6.07, 6.45) is -1.08. The number of ether oxygens (including phenoxy) is 2. The Morgan fingerprint density at radius 1 is 1.21 bits per heavy atom. The highest BCUT2D eigenvalue weighted by Crippen LogP contribution is 2.29. The number of thioether (sulfide) groups is 1. The number of hydrogen-bond acceptors (Lipinski definition) is 7. The van der Waals surface area contributed by atoms with E-state index in [4.69, 9.17) is 9.47 Å². The Hall–Kier alpha value is -3.07. The molecule has 0 radical (unpaired) electrons. The quantitative estimate of drug-likeness (QED) is 0.300. The predicted molar refractivity (Wildman–Crippen MR) is 110 cm³/mol. The van der Waals surface area contributed by atoms with Gasteiger partial charge in [0, 0.05) is 17.0 Å². The molecule has 8 nitrogen and oxygen atoms in total. The van der Waals surface area contributed by atoms with Gasteiger partial charge in [0.25, 0.3) is 11.6 Å². The number of benzene rings is 2. The average molecular weight is 418 g/mol. The van der Waals surface area contributed by atoms with Crippen LogP contribution in [0.3, 0.4) is 0 Å². The van der Waals surface area contributed by atoms with Crippen molar-refractivity contribution in [2.45, 2.75) is 31.8 Å². The number of rotatable bonds is 8. The maximum absolute atomic E-state index is 12.3. The molecule has 0 fully saturated rings. The molecule has 1 N–H and O–H groups in total. The number of esters is 1. The molecule has 0 heterocycles. The lowest BCUT2D eigenvalue weighted by molar-refractivity contribution is -0.384. The Bertz CT molecular complexity index is 931. The Morgan fingerprint density at radius 3 is 2.55 bits per heavy atom. The fraction of sp³-hybridized carbons (Fsp3) is 0.300. The summed E-state index contributed by atoms with van der Waals surface area (Å²) in [6, 6.07) is 9.75. The first-order valence-corrected chi connectivity index (χ1v) is 9.72. The molecule has 1 amide bonds. The molecule has 2 aromatic carbocycles. The van der Waals surface area contributed by atoms with Gasteiger partial charge in [0.05, 0.1) is 23.5 Å². The molecule has 1 atom stereocenters. The number of hydrogen-bond donors (Lipinski definition) is 1. The van der Waals surface area contributed by atoms with E-state index < -0.39 is 22.9 Å². The van der Waals surface area contributed by atoms with Crippen molar-refractivity contribution >= 4 is 35.0 Å². The van der Waals surface area contributed by atoms with Crippen molar-refractivity contribution in [3.8, 4) is 5.75 Å². The molecule has 2 rings (SSSR count). The SMILES string of the molecule is COc1ccc([N+](=O)[O-])cc1NC(=O)[C@H](C)OC(=O)CSc1ccc(C)cc1C. The van der Waals surface area contributed by atoms with Gasteiger partial charge in [-0.3, -0.25) is 19.7 Å². The molecule has 0 bridgehead atoms. The van der Waals surface area contributed by atoms with Crippen LogP contribution in [-0.2, 0) is 14.3 Å². The number of carbonyl (C=O) groups excluding carboxylic acids is 2. The van der Waals surface area contributed by atoms with E-state index in [9.17, 15) is 19.7 Å². The van der Waals surface area contributed by atoms with E-state index in [1.54, 1.807) is 0 Å². The van der Waals surface area contributed by atoms with Crippen molar-refractivity contribution in [3.05, 3.63) is 57.6 Å². The number of amides is 1.